The van der Waals surface area contributed by atoms with E-state index in [1.165, 1.54) is 6.20 Å². The van der Waals surface area contributed by atoms with Crippen LogP contribution >= 0.6 is 0 Å². The van der Waals surface area contributed by atoms with Crippen LogP contribution in [0.1, 0.15) is 17.3 Å². The highest BCUT2D eigenvalue weighted by molar-refractivity contribution is 6.05. The van der Waals surface area contributed by atoms with Crippen molar-refractivity contribution in [2.24, 2.45) is 0 Å². The van der Waals surface area contributed by atoms with Crippen molar-refractivity contribution in [1.82, 2.24) is 9.88 Å². The summed E-state index contributed by atoms with van der Waals surface area (Å²) in [6.07, 6.45) is 3.25. The third-order valence-corrected chi connectivity index (χ3v) is 4.73. The van der Waals surface area contributed by atoms with Crippen LogP contribution in [-0.4, -0.2) is 62.1 Å². The van der Waals surface area contributed by atoms with Gasteiger partial charge in [0, 0.05) is 45.4 Å². The summed E-state index contributed by atoms with van der Waals surface area (Å²) < 4.78 is 10.5. The molecule has 1 aromatic carbocycles. The molecular formula is C20H24N4O4. The molecule has 0 radical (unpaired) electrons. The van der Waals surface area contributed by atoms with Crippen LogP contribution in [0.2, 0.25) is 0 Å². The van der Waals surface area contributed by atoms with Crippen LogP contribution in [0.3, 0.4) is 0 Å². The second kappa shape index (κ2) is 8.60. The summed E-state index contributed by atoms with van der Waals surface area (Å²) in [7, 11) is 3.10. The van der Waals surface area contributed by atoms with Gasteiger partial charge in [0.2, 0.25) is 5.91 Å². The zero-order chi connectivity index (χ0) is 20.1. The van der Waals surface area contributed by atoms with E-state index in [9.17, 15) is 9.59 Å². The highest BCUT2D eigenvalue weighted by atomic mass is 16.5. The predicted molar refractivity (Wildman–Crippen MR) is 106 cm³/mol. The quantitative estimate of drug-likeness (QED) is 0.849. The van der Waals surface area contributed by atoms with Gasteiger partial charge >= 0.3 is 0 Å². The monoisotopic (exact) mass is 384 g/mol. The van der Waals surface area contributed by atoms with Gasteiger partial charge in [-0.15, -0.1) is 0 Å². The van der Waals surface area contributed by atoms with Crippen molar-refractivity contribution in [2.45, 2.75) is 6.92 Å². The summed E-state index contributed by atoms with van der Waals surface area (Å²) in [4.78, 5) is 32.4. The van der Waals surface area contributed by atoms with E-state index < -0.39 is 0 Å². The number of piperazine rings is 1. The van der Waals surface area contributed by atoms with Crippen molar-refractivity contribution >= 4 is 23.2 Å². The van der Waals surface area contributed by atoms with Gasteiger partial charge in [-0.25, -0.2) is 0 Å². The zero-order valence-corrected chi connectivity index (χ0v) is 16.3. The summed E-state index contributed by atoms with van der Waals surface area (Å²) in [6.45, 7) is 4.31. The molecule has 0 saturated carbocycles. The van der Waals surface area contributed by atoms with Crippen molar-refractivity contribution in [2.75, 3.05) is 50.6 Å². The maximum atomic E-state index is 12.7. The van der Waals surface area contributed by atoms with E-state index in [-0.39, 0.29) is 11.8 Å². The first kappa shape index (κ1) is 19.5. The summed E-state index contributed by atoms with van der Waals surface area (Å²) in [5.74, 6) is 0.950. The molecule has 0 unspecified atom stereocenters. The third kappa shape index (κ3) is 4.33. The Morgan fingerprint density at radius 1 is 1.04 bits per heavy atom. The lowest BCUT2D eigenvalue weighted by atomic mass is 10.2. The number of nitrogens with zero attached hydrogens (tertiary/aromatic N) is 3. The van der Waals surface area contributed by atoms with Gasteiger partial charge in [-0.05, 0) is 18.2 Å². The number of anilines is 2. The number of nitrogens with one attached hydrogen (secondary N) is 1. The molecule has 0 spiro atoms. The number of rotatable bonds is 5. The van der Waals surface area contributed by atoms with Gasteiger partial charge in [0.25, 0.3) is 5.91 Å². The van der Waals surface area contributed by atoms with Crippen LogP contribution < -0.4 is 19.7 Å². The molecule has 0 bridgehead atoms. The fraction of sp³-hybridized carbons (Fsp3) is 0.350. The van der Waals surface area contributed by atoms with Crippen molar-refractivity contribution in [3.05, 3.63) is 42.2 Å². The van der Waals surface area contributed by atoms with E-state index >= 15 is 0 Å². The third-order valence-electron chi connectivity index (χ3n) is 4.73. The Bertz CT molecular complexity index is 863. The van der Waals surface area contributed by atoms with Gasteiger partial charge in [0.1, 0.15) is 11.5 Å². The van der Waals surface area contributed by atoms with Crippen molar-refractivity contribution < 1.29 is 19.1 Å². The largest absolute Gasteiger partial charge is 0.497 e. The molecule has 2 aromatic rings. The summed E-state index contributed by atoms with van der Waals surface area (Å²) in [5.41, 5.74) is 1.82. The standard InChI is InChI=1S/C20H24N4O4/c1-14(25)23-6-8-24(9-7-23)16-10-15(12-21-13-16)20(26)22-18-11-17(27-2)4-5-19(18)28-3/h4-5,10-13H,6-9H2,1-3H3,(H,22,26). The van der Waals surface area contributed by atoms with Crippen LogP contribution in [0, 0.1) is 0 Å². The Balaban J connectivity index is 1.74. The molecule has 28 heavy (non-hydrogen) atoms. The molecule has 0 atom stereocenters. The molecule has 1 fully saturated rings. The Hall–Kier alpha value is -3.29. The van der Waals surface area contributed by atoms with Gasteiger partial charge in [0.15, 0.2) is 0 Å². The summed E-state index contributed by atoms with van der Waals surface area (Å²) in [6, 6.07) is 7.00. The first-order chi connectivity index (χ1) is 13.5. The van der Waals surface area contributed by atoms with Crippen LogP contribution in [0.25, 0.3) is 0 Å². The second-order valence-corrected chi connectivity index (χ2v) is 6.45. The molecule has 1 aromatic heterocycles. The summed E-state index contributed by atoms with van der Waals surface area (Å²) >= 11 is 0. The second-order valence-electron chi connectivity index (χ2n) is 6.45. The minimum Gasteiger partial charge on any atom is -0.497 e. The number of carbonyl (C=O) groups excluding carboxylic acids is 2. The highest BCUT2D eigenvalue weighted by Gasteiger charge is 2.20. The molecular weight excluding hydrogens is 360 g/mol. The Labute approximate surface area is 164 Å². The number of ether oxygens (including phenoxy) is 2. The number of benzene rings is 1. The highest BCUT2D eigenvalue weighted by Crippen LogP contribution is 2.29. The first-order valence-corrected chi connectivity index (χ1v) is 9.00. The lowest BCUT2D eigenvalue weighted by Gasteiger charge is -2.35. The minimum absolute atomic E-state index is 0.0816. The average Bonchev–Trinajstić information content (AvgIpc) is 2.73. The van der Waals surface area contributed by atoms with Gasteiger partial charge in [-0.1, -0.05) is 0 Å². The normalized spacial score (nSPS) is 13.8. The van der Waals surface area contributed by atoms with Crippen LogP contribution in [0.5, 0.6) is 11.5 Å². The molecule has 0 aliphatic carbocycles. The number of methoxy groups -OCH3 is 2. The molecule has 2 heterocycles. The first-order valence-electron chi connectivity index (χ1n) is 9.00. The molecule has 148 valence electrons. The van der Waals surface area contributed by atoms with Crippen molar-refractivity contribution in [3.8, 4) is 11.5 Å². The molecule has 1 N–H and O–H groups in total. The van der Waals surface area contributed by atoms with Crippen molar-refractivity contribution in [1.29, 1.82) is 0 Å². The smallest absolute Gasteiger partial charge is 0.257 e. The van der Waals surface area contributed by atoms with E-state index in [1.54, 1.807) is 51.6 Å². The van der Waals surface area contributed by atoms with Crippen LogP contribution in [0.4, 0.5) is 11.4 Å². The fourth-order valence-corrected chi connectivity index (χ4v) is 3.11. The summed E-state index contributed by atoms with van der Waals surface area (Å²) in [5, 5.41) is 2.85. The average molecular weight is 384 g/mol. The molecule has 1 aliphatic rings. The number of hydrogen-bond acceptors (Lipinski definition) is 6. The minimum atomic E-state index is -0.289. The topological polar surface area (TPSA) is 84.0 Å². The molecule has 8 heteroatoms. The Morgan fingerprint density at radius 2 is 1.79 bits per heavy atom. The van der Waals surface area contributed by atoms with Gasteiger partial charge in [-0.2, -0.15) is 0 Å². The number of aromatic nitrogens is 1. The molecule has 1 saturated heterocycles. The van der Waals surface area contributed by atoms with Crippen LogP contribution in [0.15, 0.2) is 36.7 Å². The number of amides is 2. The zero-order valence-electron chi connectivity index (χ0n) is 16.3. The van der Waals surface area contributed by atoms with E-state index in [0.29, 0.717) is 48.9 Å². The molecule has 2 amide bonds. The number of carbonyl (C=O) groups is 2. The van der Waals surface area contributed by atoms with Gasteiger partial charge < -0.3 is 24.6 Å². The molecule has 1 aliphatic heterocycles. The van der Waals surface area contributed by atoms with E-state index in [0.717, 1.165) is 5.69 Å². The number of hydrogen-bond donors (Lipinski definition) is 1. The fourth-order valence-electron chi connectivity index (χ4n) is 3.11. The predicted octanol–water partition coefficient (Wildman–Crippen LogP) is 2.02. The lowest BCUT2D eigenvalue weighted by molar-refractivity contribution is -0.129. The lowest BCUT2D eigenvalue weighted by Crippen LogP contribution is -2.48. The number of pyridine rings is 1. The maximum absolute atomic E-state index is 12.7. The SMILES string of the molecule is COc1ccc(OC)c(NC(=O)c2cncc(N3CCN(C(C)=O)CC3)c2)c1. The molecule has 8 nitrogen and oxygen atoms in total. The van der Waals surface area contributed by atoms with Crippen LogP contribution in [-0.2, 0) is 4.79 Å². The maximum Gasteiger partial charge on any atom is 0.257 e. The Morgan fingerprint density at radius 3 is 2.43 bits per heavy atom. The molecule has 3 rings (SSSR count). The van der Waals surface area contributed by atoms with E-state index in [2.05, 4.69) is 15.2 Å². The van der Waals surface area contributed by atoms with Gasteiger partial charge in [-0.3, -0.25) is 14.6 Å². The van der Waals surface area contributed by atoms with E-state index in [1.807, 2.05) is 4.90 Å². The van der Waals surface area contributed by atoms with E-state index in [4.69, 9.17) is 9.47 Å². The van der Waals surface area contributed by atoms with Crippen molar-refractivity contribution in [3.63, 3.8) is 0 Å². The van der Waals surface area contributed by atoms with Gasteiger partial charge in [0.05, 0.1) is 37.4 Å². The Kier molecular flexibility index (Phi) is 5.98.